The number of anilines is 1. The number of allylic oxidation sites excluding steroid dienone is 1. The first-order valence-corrected chi connectivity index (χ1v) is 10.7. The summed E-state index contributed by atoms with van der Waals surface area (Å²) in [5.74, 6) is -4.29. The van der Waals surface area contributed by atoms with Crippen LogP contribution in [0.15, 0.2) is 59.8 Å². The molecule has 5 nitrogen and oxygen atoms in total. The van der Waals surface area contributed by atoms with E-state index in [4.69, 9.17) is 11.6 Å². The van der Waals surface area contributed by atoms with Crippen LogP contribution in [0.5, 0.6) is 0 Å². The lowest BCUT2D eigenvalue weighted by atomic mass is 9.72. The first-order valence-electron chi connectivity index (χ1n) is 10.3. The standard InChI is InChI=1S/C24H19ClF4N2O3/c1-22(2)11-17-19(18(32)12-22)23(24(27,28)29,30-20(33)13-3-5-14(25)6-4-13)21(34)31(17)16-9-7-15(26)8-10-16/h3-10H,11-12H2,1-2H3,(H,30,33). The van der Waals surface area contributed by atoms with Gasteiger partial charge in [-0.05, 0) is 60.4 Å². The lowest BCUT2D eigenvalue weighted by Gasteiger charge is -2.35. The molecule has 0 saturated carbocycles. The van der Waals surface area contributed by atoms with E-state index in [9.17, 15) is 31.9 Å². The van der Waals surface area contributed by atoms with Crippen LogP contribution in [0.2, 0.25) is 5.02 Å². The Morgan fingerprint density at radius 2 is 1.59 bits per heavy atom. The molecule has 34 heavy (non-hydrogen) atoms. The zero-order valence-corrected chi connectivity index (χ0v) is 18.9. The maximum Gasteiger partial charge on any atom is 0.425 e. The van der Waals surface area contributed by atoms with E-state index in [1.165, 1.54) is 24.3 Å². The summed E-state index contributed by atoms with van der Waals surface area (Å²) >= 11 is 5.79. The Labute approximate surface area is 197 Å². The number of carbonyl (C=O) groups is 3. The fraction of sp³-hybridized carbons (Fsp3) is 0.292. The van der Waals surface area contributed by atoms with E-state index < -0.39 is 46.1 Å². The van der Waals surface area contributed by atoms with Crippen LogP contribution < -0.4 is 10.2 Å². The third-order valence-electron chi connectivity index (χ3n) is 5.94. The third kappa shape index (κ3) is 3.77. The van der Waals surface area contributed by atoms with Crippen molar-refractivity contribution >= 4 is 34.9 Å². The van der Waals surface area contributed by atoms with Gasteiger partial charge in [0, 0.05) is 28.4 Å². The summed E-state index contributed by atoms with van der Waals surface area (Å²) in [6.07, 6.45) is -5.63. The van der Waals surface area contributed by atoms with Crippen molar-refractivity contribution in [3.05, 3.63) is 76.2 Å². The summed E-state index contributed by atoms with van der Waals surface area (Å²) < 4.78 is 57.8. The molecule has 2 amide bonds. The fourth-order valence-corrected chi connectivity index (χ4v) is 4.58. The van der Waals surface area contributed by atoms with E-state index >= 15 is 0 Å². The number of alkyl halides is 3. The number of halogens is 5. The summed E-state index contributed by atoms with van der Waals surface area (Å²) in [4.78, 5) is 40.4. The van der Waals surface area contributed by atoms with Crippen LogP contribution in [-0.4, -0.2) is 29.3 Å². The summed E-state index contributed by atoms with van der Waals surface area (Å²) in [5.41, 5.74) is -5.53. The lowest BCUT2D eigenvalue weighted by molar-refractivity contribution is -0.186. The van der Waals surface area contributed by atoms with E-state index in [0.29, 0.717) is 0 Å². The number of rotatable bonds is 3. The van der Waals surface area contributed by atoms with Crippen LogP contribution in [0.4, 0.5) is 23.2 Å². The molecule has 4 rings (SSSR count). The number of hydrogen-bond acceptors (Lipinski definition) is 3. The Balaban J connectivity index is 1.93. The molecule has 178 valence electrons. The second kappa shape index (κ2) is 7.94. The van der Waals surface area contributed by atoms with Gasteiger partial charge in [0.05, 0.1) is 5.57 Å². The van der Waals surface area contributed by atoms with E-state index in [1.54, 1.807) is 13.8 Å². The van der Waals surface area contributed by atoms with Crippen LogP contribution in [0.3, 0.4) is 0 Å². The van der Waals surface area contributed by atoms with Crippen molar-refractivity contribution in [1.29, 1.82) is 0 Å². The maximum atomic E-state index is 14.8. The molecular weight excluding hydrogens is 476 g/mol. The minimum atomic E-state index is -5.35. The smallest absolute Gasteiger partial charge is 0.326 e. The average Bonchev–Trinajstić information content (AvgIpc) is 2.97. The number of nitrogens with one attached hydrogen (secondary N) is 1. The van der Waals surface area contributed by atoms with Gasteiger partial charge < -0.3 is 5.32 Å². The van der Waals surface area contributed by atoms with Crippen molar-refractivity contribution in [3.63, 3.8) is 0 Å². The van der Waals surface area contributed by atoms with Crippen molar-refractivity contribution in [2.24, 2.45) is 5.41 Å². The second-order valence-corrected chi connectivity index (χ2v) is 9.52. The molecule has 0 saturated heterocycles. The molecule has 10 heteroatoms. The van der Waals surface area contributed by atoms with Gasteiger partial charge >= 0.3 is 6.18 Å². The number of carbonyl (C=O) groups excluding carboxylic acids is 3. The Hall–Kier alpha value is -3.20. The number of hydrogen-bond donors (Lipinski definition) is 1. The van der Waals surface area contributed by atoms with Crippen molar-refractivity contribution in [1.82, 2.24) is 5.32 Å². The first kappa shape index (κ1) is 23.9. The lowest BCUT2D eigenvalue weighted by Crippen LogP contribution is -2.66. The molecule has 0 spiro atoms. The maximum absolute atomic E-state index is 14.8. The van der Waals surface area contributed by atoms with Gasteiger partial charge in [-0.15, -0.1) is 0 Å². The molecule has 0 bridgehead atoms. The molecule has 0 fully saturated rings. The van der Waals surface area contributed by atoms with Gasteiger partial charge in [0.25, 0.3) is 11.8 Å². The molecule has 1 N–H and O–H groups in total. The second-order valence-electron chi connectivity index (χ2n) is 9.09. The molecule has 2 aliphatic rings. The number of ketones is 1. The van der Waals surface area contributed by atoms with E-state index in [1.807, 2.05) is 5.32 Å². The van der Waals surface area contributed by atoms with Crippen LogP contribution >= 0.6 is 11.6 Å². The Kier molecular flexibility index (Phi) is 5.59. The van der Waals surface area contributed by atoms with Crippen LogP contribution in [0, 0.1) is 11.2 Å². The summed E-state index contributed by atoms with van der Waals surface area (Å²) in [7, 11) is 0. The third-order valence-corrected chi connectivity index (χ3v) is 6.19. The number of nitrogens with zero attached hydrogens (tertiary/aromatic N) is 1. The molecule has 0 aromatic heterocycles. The molecule has 2 aromatic carbocycles. The Morgan fingerprint density at radius 3 is 2.15 bits per heavy atom. The minimum Gasteiger partial charge on any atom is -0.326 e. The normalized spacial score (nSPS) is 22.1. The summed E-state index contributed by atoms with van der Waals surface area (Å²) in [5, 5.41) is 2.10. The van der Waals surface area contributed by atoms with Gasteiger partial charge in [-0.1, -0.05) is 25.4 Å². The molecule has 1 aliphatic carbocycles. The average molecular weight is 495 g/mol. The SMILES string of the molecule is CC1(C)CC(=O)C2=C(C1)N(c1ccc(F)cc1)C(=O)C2(NC(=O)c1ccc(Cl)cc1)C(F)(F)F. The largest absolute Gasteiger partial charge is 0.425 e. The summed E-state index contributed by atoms with van der Waals surface area (Å²) in [6, 6.07) is 9.35. The first-order chi connectivity index (χ1) is 15.8. The molecule has 1 aliphatic heterocycles. The van der Waals surface area contributed by atoms with Crippen molar-refractivity contribution in [3.8, 4) is 0 Å². The van der Waals surface area contributed by atoms with Gasteiger partial charge in [0.2, 0.25) is 5.54 Å². The molecule has 0 radical (unpaired) electrons. The highest BCUT2D eigenvalue weighted by molar-refractivity contribution is 6.30. The predicted molar refractivity (Wildman–Crippen MR) is 117 cm³/mol. The number of amides is 2. The fourth-order valence-electron chi connectivity index (χ4n) is 4.46. The highest BCUT2D eigenvalue weighted by atomic mass is 35.5. The van der Waals surface area contributed by atoms with Crippen molar-refractivity contribution in [2.75, 3.05) is 4.90 Å². The highest BCUT2D eigenvalue weighted by Gasteiger charge is 2.72. The zero-order valence-electron chi connectivity index (χ0n) is 18.1. The van der Waals surface area contributed by atoms with Gasteiger partial charge in [0.15, 0.2) is 5.78 Å². The Morgan fingerprint density at radius 1 is 1.00 bits per heavy atom. The van der Waals surface area contributed by atoms with E-state index in [0.717, 1.165) is 29.2 Å². The topological polar surface area (TPSA) is 66.5 Å². The van der Waals surface area contributed by atoms with Gasteiger partial charge in [-0.2, -0.15) is 13.2 Å². The van der Waals surface area contributed by atoms with Crippen molar-refractivity contribution in [2.45, 2.75) is 38.4 Å². The summed E-state index contributed by atoms with van der Waals surface area (Å²) in [6.45, 7) is 3.39. The van der Waals surface area contributed by atoms with Crippen LogP contribution in [0.1, 0.15) is 37.0 Å². The van der Waals surface area contributed by atoms with Crippen molar-refractivity contribution < 1.29 is 31.9 Å². The number of benzene rings is 2. The quantitative estimate of drug-likeness (QED) is 0.596. The highest BCUT2D eigenvalue weighted by Crippen LogP contribution is 2.52. The minimum absolute atomic E-state index is 0.0359. The van der Waals surface area contributed by atoms with E-state index in [-0.39, 0.29) is 34.8 Å². The molecule has 1 heterocycles. The Bertz CT molecular complexity index is 1220. The molecule has 1 atom stereocenters. The number of Topliss-reactive ketones (excluding diaryl/α,β-unsaturated/α-hetero) is 1. The van der Waals surface area contributed by atoms with Crippen LogP contribution in [-0.2, 0) is 9.59 Å². The molecule has 2 aromatic rings. The molecular formula is C24H19ClF4N2O3. The van der Waals surface area contributed by atoms with Crippen LogP contribution in [0.25, 0.3) is 0 Å². The monoisotopic (exact) mass is 494 g/mol. The predicted octanol–water partition coefficient (Wildman–Crippen LogP) is 5.20. The zero-order chi connectivity index (χ0) is 25.1. The van der Waals surface area contributed by atoms with Gasteiger partial charge in [0.1, 0.15) is 5.82 Å². The van der Waals surface area contributed by atoms with E-state index in [2.05, 4.69) is 0 Å². The van der Waals surface area contributed by atoms with Gasteiger partial charge in [-0.25, -0.2) is 4.39 Å². The molecule has 1 unspecified atom stereocenters. The van der Waals surface area contributed by atoms with Gasteiger partial charge in [-0.3, -0.25) is 19.3 Å².